The first-order chi connectivity index (χ1) is 14.9. The Kier molecular flexibility index (Phi) is 7.82. The Morgan fingerprint density at radius 1 is 1.38 bits per heavy atom. The molecule has 2 N–H and O–H groups in total. The molecule has 9 heteroatoms. The van der Waals surface area contributed by atoms with Gasteiger partial charge in [-0.15, -0.1) is 11.3 Å². The van der Waals surface area contributed by atoms with Gasteiger partial charge in [0.2, 0.25) is 5.78 Å². The molecule has 1 aliphatic rings. The summed E-state index contributed by atoms with van der Waals surface area (Å²) in [6.07, 6.45) is 4.79. The quantitative estimate of drug-likeness (QED) is 0.357. The molecule has 1 aliphatic carbocycles. The number of aliphatic hydroxyl groups is 1. The Bertz CT molecular complexity index is 960. The van der Waals surface area contributed by atoms with Gasteiger partial charge in [-0.2, -0.15) is 0 Å². The van der Waals surface area contributed by atoms with Crippen LogP contribution in [0.15, 0.2) is 18.6 Å². The standard InChI is InChI=1S/C23H34ClN3O3SSi/c1-14-7-17(8-15(14)11-28)27-22-18(10-25-13-26-22)20(29)19-9-16(21(24)31-19)12-30-32(5,6)23(2,3)4/h9-10,13-15,17,28H,7-8,11-12H2,1-6H3,(H,25,26,27)/t14-,15+,17-/m0/s1. The van der Waals surface area contributed by atoms with Crippen LogP contribution >= 0.6 is 22.9 Å². The summed E-state index contributed by atoms with van der Waals surface area (Å²) in [5.41, 5.74) is 1.27. The van der Waals surface area contributed by atoms with Crippen molar-refractivity contribution in [2.24, 2.45) is 11.8 Å². The maximum atomic E-state index is 13.3. The van der Waals surface area contributed by atoms with E-state index in [9.17, 15) is 9.90 Å². The number of nitrogens with zero attached hydrogens (tertiary/aromatic N) is 2. The molecular weight excluding hydrogens is 462 g/mol. The minimum atomic E-state index is -1.92. The Labute approximate surface area is 200 Å². The van der Waals surface area contributed by atoms with E-state index >= 15 is 0 Å². The zero-order chi connectivity index (χ0) is 23.7. The average Bonchev–Trinajstić information content (AvgIpc) is 3.27. The summed E-state index contributed by atoms with van der Waals surface area (Å²) in [5, 5.41) is 13.1. The predicted octanol–water partition coefficient (Wildman–Crippen LogP) is 5.76. The van der Waals surface area contributed by atoms with Gasteiger partial charge in [0.25, 0.3) is 0 Å². The van der Waals surface area contributed by atoms with Gasteiger partial charge in [0.1, 0.15) is 12.1 Å². The van der Waals surface area contributed by atoms with E-state index in [0.29, 0.717) is 33.1 Å². The van der Waals surface area contributed by atoms with E-state index in [1.807, 2.05) is 6.07 Å². The van der Waals surface area contributed by atoms with Gasteiger partial charge in [0.05, 0.1) is 21.4 Å². The van der Waals surface area contributed by atoms with Crippen LogP contribution in [0.4, 0.5) is 5.82 Å². The number of anilines is 1. The normalized spacial score (nSPS) is 21.7. The molecule has 2 aromatic rings. The summed E-state index contributed by atoms with van der Waals surface area (Å²) in [5.74, 6) is 1.08. The number of ketones is 1. The molecule has 0 bridgehead atoms. The van der Waals surface area contributed by atoms with Crippen molar-refractivity contribution in [2.75, 3.05) is 11.9 Å². The third-order valence-corrected chi connectivity index (χ3v) is 12.9. The lowest BCUT2D eigenvalue weighted by atomic mass is 10.00. The van der Waals surface area contributed by atoms with Crippen LogP contribution in [0, 0.1) is 11.8 Å². The summed E-state index contributed by atoms with van der Waals surface area (Å²) in [4.78, 5) is 22.3. The van der Waals surface area contributed by atoms with Gasteiger partial charge in [-0.3, -0.25) is 4.79 Å². The van der Waals surface area contributed by atoms with E-state index in [0.717, 1.165) is 18.4 Å². The molecule has 0 unspecified atom stereocenters. The Morgan fingerprint density at radius 3 is 2.72 bits per heavy atom. The zero-order valence-electron chi connectivity index (χ0n) is 19.7. The molecule has 2 heterocycles. The first kappa shape index (κ1) is 25.3. The largest absolute Gasteiger partial charge is 0.412 e. The van der Waals surface area contributed by atoms with Crippen molar-refractivity contribution >= 4 is 42.9 Å². The zero-order valence-corrected chi connectivity index (χ0v) is 22.3. The van der Waals surface area contributed by atoms with Crippen LogP contribution in [-0.2, 0) is 11.0 Å². The second kappa shape index (κ2) is 9.89. The van der Waals surface area contributed by atoms with Crippen molar-refractivity contribution < 1.29 is 14.3 Å². The molecule has 3 rings (SSSR count). The molecule has 0 aromatic carbocycles. The molecule has 1 fully saturated rings. The molecule has 0 spiro atoms. The third kappa shape index (κ3) is 5.59. The van der Waals surface area contributed by atoms with Crippen LogP contribution in [0.5, 0.6) is 0 Å². The molecule has 0 aliphatic heterocycles. The Balaban J connectivity index is 1.76. The van der Waals surface area contributed by atoms with Crippen molar-refractivity contribution in [3.63, 3.8) is 0 Å². The molecule has 176 valence electrons. The van der Waals surface area contributed by atoms with Crippen molar-refractivity contribution in [2.45, 2.75) is 71.3 Å². The smallest absolute Gasteiger partial charge is 0.208 e. The predicted molar refractivity (Wildman–Crippen MR) is 133 cm³/mol. The maximum Gasteiger partial charge on any atom is 0.208 e. The van der Waals surface area contributed by atoms with Crippen LogP contribution in [0.1, 0.15) is 61.3 Å². The molecule has 6 nitrogen and oxygen atoms in total. The highest BCUT2D eigenvalue weighted by atomic mass is 35.5. The minimum Gasteiger partial charge on any atom is -0.412 e. The summed E-state index contributed by atoms with van der Waals surface area (Å²) < 4.78 is 6.87. The summed E-state index contributed by atoms with van der Waals surface area (Å²) >= 11 is 7.74. The number of aliphatic hydroxyl groups excluding tert-OH is 1. The fourth-order valence-corrected chi connectivity index (χ4v) is 5.89. The third-order valence-electron chi connectivity index (χ3n) is 6.96. The van der Waals surface area contributed by atoms with Crippen molar-refractivity contribution in [1.82, 2.24) is 9.97 Å². The highest BCUT2D eigenvalue weighted by molar-refractivity contribution is 7.18. The lowest BCUT2D eigenvalue weighted by Gasteiger charge is -2.36. The van der Waals surface area contributed by atoms with Gasteiger partial charge < -0.3 is 14.8 Å². The van der Waals surface area contributed by atoms with Crippen LogP contribution < -0.4 is 5.32 Å². The monoisotopic (exact) mass is 495 g/mol. The number of carbonyl (C=O) groups is 1. The molecule has 1 saturated carbocycles. The fraction of sp³-hybridized carbons (Fsp3) is 0.609. The number of thiophene rings is 1. The fourth-order valence-electron chi connectivity index (χ4n) is 3.74. The summed E-state index contributed by atoms with van der Waals surface area (Å²) in [6.45, 7) is 13.7. The van der Waals surface area contributed by atoms with Gasteiger partial charge in [-0.25, -0.2) is 9.97 Å². The van der Waals surface area contributed by atoms with E-state index in [2.05, 4.69) is 56.1 Å². The lowest BCUT2D eigenvalue weighted by molar-refractivity contribution is 0.104. The van der Waals surface area contributed by atoms with E-state index in [1.54, 1.807) is 6.20 Å². The van der Waals surface area contributed by atoms with Gasteiger partial charge in [-0.1, -0.05) is 39.3 Å². The lowest BCUT2D eigenvalue weighted by Crippen LogP contribution is -2.40. The van der Waals surface area contributed by atoms with Crippen LogP contribution in [0.2, 0.25) is 22.5 Å². The molecular formula is C23H34ClN3O3SSi. The number of hydrogen-bond donors (Lipinski definition) is 2. The molecule has 2 aromatic heterocycles. The Morgan fingerprint density at radius 2 is 2.09 bits per heavy atom. The van der Waals surface area contributed by atoms with Crippen molar-refractivity contribution in [1.29, 1.82) is 0 Å². The van der Waals surface area contributed by atoms with Crippen LogP contribution in [0.3, 0.4) is 0 Å². The van der Waals surface area contributed by atoms with E-state index in [-0.39, 0.29) is 29.4 Å². The van der Waals surface area contributed by atoms with E-state index in [1.165, 1.54) is 17.7 Å². The Hall–Kier alpha value is -1.32. The summed E-state index contributed by atoms with van der Waals surface area (Å²) in [7, 11) is -1.92. The second-order valence-corrected chi connectivity index (χ2v) is 16.8. The number of nitrogens with one attached hydrogen (secondary N) is 1. The van der Waals surface area contributed by atoms with E-state index < -0.39 is 8.32 Å². The van der Waals surface area contributed by atoms with Gasteiger partial charge in [-0.05, 0) is 48.9 Å². The first-order valence-corrected chi connectivity index (χ1v) is 15.2. The topological polar surface area (TPSA) is 84.3 Å². The molecule has 32 heavy (non-hydrogen) atoms. The molecule has 0 saturated heterocycles. The first-order valence-electron chi connectivity index (χ1n) is 11.1. The van der Waals surface area contributed by atoms with Gasteiger partial charge >= 0.3 is 0 Å². The number of hydrogen-bond acceptors (Lipinski definition) is 7. The number of rotatable bonds is 8. The summed E-state index contributed by atoms with van der Waals surface area (Å²) in [6, 6.07) is 2.00. The number of carbonyl (C=O) groups excluding carboxylic acids is 1. The molecule has 3 atom stereocenters. The number of halogens is 1. The SMILES string of the molecule is C[C@H]1C[C@H](Nc2ncncc2C(=O)c2cc(CO[Si](C)(C)C(C)(C)C)c(Cl)s2)C[C@@H]1CO. The highest BCUT2D eigenvalue weighted by Crippen LogP contribution is 2.39. The molecule has 0 radical (unpaired) electrons. The second-order valence-electron chi connectivity index (χ2n) is 10.3. The maximum absolute atomic E-state index is 13.3. The van der Waals surface area contributed by atoms with Crippen LogP contribution in [-0.4, -0.2) is 41.8 Å². The highest BCUT2D eigenvalue weighted by Gasteiger charge is 2.37. The molecule has 0 amide bonds. The van der Waals surface area contributed by atoms with Crippen LogP contribution in [0.25, 0.3) is 0 Å². The average molecular weight is 496 g/mol. The van der Waals surface area contributed by atoms with Gasteiger partial charge in [0, 0.05) is 24.4 Å². The minimum absolute atomic E-state index is 0.100. The van der Waals surface area contributed by atoms with Crippen molar-refractivity contribution in [3.8, 4) is 0 Å². The van der Waals surface area contributed by atoms with E-state index in [4.69, 9.17) is 16.0 Å². The van der Waals surface area contributed by atoms with Crippen molar-refractivity contribution in [3.05, 3.63) is 38.9 Å². The van der Waals surface area contributed by atoms with Gasteiger partial charge in [0.15, 0.2) is 8.32 Å². The number of aromatic nitrogens is 2.